The molecular weight excluding hydrogens is 291 g/mol. The van der Waals surface area contributed by atoms with Gasteiger partial charge in [-0.15, -0.1) is 0 Å². The number of nitrogens with zero attached hydrogens (tertiary/aromatic N) is 2. The lowest BCUT2D eigenvalue weighted by Gasteiger charge is -2.44. The van der Waals surface area contributed by atoms with Crippen molar-refractivity contribution in [3.8, 4) is 0 Å². The highest BCUT2D eigenvalue weighted by atomic mass is 16.6. The van der Waals surface area contributed by atoms with E-state index >= 15 is 0 Å². The summed E-state index contributed by atoms with van der Waals surface area (Å²) in [5.74, 6) is 0. The Kier molecular flexibility index (Phi) is 4.86. The Morgan fingerprint density at radius 3 is 2.78 bits per heavy atom. The lowest BCUT2D eigenvalue weighted by Crippen LogP contribution is -2.52. The second-order valence-electron chi connectivity index (χ2n) is 7.94. The molecule has 2 aliphatic heterocycles. The van der Waals surface area contributed by atoms with Gasteiger partial charge in [0.25, 0.3) is 0 Å². The minimum atomic E-state index is -0.345. The molecule has 0 radical (unpaired) electrons. The van der Waals surface area contributed by atoms with Crippen LogP contribution in [0.25, 0.3) is 0 Å². The van der Waals surface area contributed by atoms with Crippen molar-refractivity contribution < 1.29 is 14.0 Å². The smallest absolute Gasteiger partial charge is 0.407 e. The van der Waals surface area contributed by atoms with E-state index in [4.69, 9.17) is 14.0 Å². The fraction of sp³-hybridized carbons (Fsp3) is 0.824. The number of aromatic nitrogens is 2. The third-order valence-electron chi connectivity index (χ3n) is 5.65. The lowest BCUT2D eigenvalue weighted by atomic mass is 9.70. The SMILES string of the molecule is CC1(C)CCCOB(c2cnn(C3CCCOC3)c2)OC1(C)C. The van der Waals surface area contributed by atoms with Crippen LogP contribution < -0.4 is 5.46 Å². The largest absolute Gasteiger partial charge is 0.497 e. The van der Waals surface area contributed by atoms with Crippen molar-refractivity contribution in [1.29, 1.82) is 0 Å². The minimum Gasteiger partial charge on any atom is -0.407 e. The second-order valence-corrected chi connectivity index (χ2v) is 7.94. The maximum absolute atomic E-state index is 6.37. The predicted octanol–water partition coefficient (Wildman–Crippen LogP) is 2.56. The summed E-state index contributed by atoms with van der Waals surface area (Å²) in [6, 6.07) is 0.329. The van der Waals surface area contributed by atoms with Gasteiger partial charge in [-0.2, -0.15) is 5.10 Å². The van der Waals surface area contributed by atoms with E-state index in [2.05, 4.69) is 39.0 Å². The van der Waals surface area contributed by atoms with Gasteiger partial charge < -0.3 is 14.0 Å². The molecular formula is C17H29BN2O3. The lowest BCUT2D eigenvalue weighted by molar-refractivity contribution is -0.0484. The number of hydrogen-bond acceptors (Lipinski definition) is 4. The first-order valence-electron chi connectivity index (χ1n) is 8.80. The molecule has 1 aromatic heterocycles. The zero-order chi connectivity index (χ0) is 16.5. The van der Waals surface area contributed by atoms with Crippen LogP contribution in [0.4, 0.5) is 0 Å². The van der Waals surface area contributed by atoms with E-state index in [1.54, 1.807) is 0 Å². The topological polar surface area (TPSA) is 45.5 Å². The molecule has 1 unspecified atom stereocenters. The van der Waals surface area contributed by atoms with Crippen molar-refractivity contribution in [2.75, 3.05) is 19.8 Å². The Labute approximate surface area is 139 Å². The summed E-state index contributed by atoms with van der Waals surface area (Å²) in [5.41, 5.74) is 0.859. The van der Waals surface area contributed by atoms with Crippen LogP contribution >= 0.6 is 0 Å². The van der Waals surface area contributed by atoms with Crippen LogP contribution in [-0.4, -0.2) is 42.3 Å². The fourth-order valence-electron chi connectivity index (χ4n) is 3.24. The highest BCUT2D eigenvalue weighted by Gasteiger charge is 2.43. The van der Waals surface area contributed by atoms with Crippen LogP contribution in [0.2, 0.25) is 0 Å². The van der Waals surface area contributed by atoms with Crippen molar-refractivity contribution >= 4 is 12.6 Å². The van der Waals surface area contributed by atoms with Gasteiger partial charge in [-0.3, -0.25) is 4.68 Å². The molecule has 0 saturated carbocycles. The van der Waals surface area contributed by atoms with Gasteiger partial charge in [0.1, 0.15) is 0 Å². The van der Waals surface area contributed by atoms with Crippen molar-refractivity contribution in [3.63, 3.8) is 0 Å². The molecule has 128 valence electrons. The molecule has 0 amide bonds. The summed E-state index contributed by atoms with van der Waals surface area (Å²) < 4.78 is 19.9. The number of hydrogen-bond donors (Lipinski definition) is 0. The molecule has 1 atom stereocenters. The second kappa shape index (κ2) is 6.57. The molecule has 6 heteroatoms. The summed E-state index contributed by atoms with van der Waals surface area (Å²) in [4.78, 5) is 0. The zero-order valence-corrected chi connectivity index (χ0v) is 14.9. The zero-order valence-electron chi connectivity index (χ0n) is 14.9. The Morgan fingerprint density at radius 2 is 2.04 bits per heavy atom. The van der Waals surface area contributed by atoms with E-state index in [1.807, 2.05) is 10.9 Å². The standard InChI is InChI=1S/C17H29BN2O3/c1-16(2)8-6-10-22-18(23-17(16,3)4)14-11-19-20(12-14)15-7-5-9-21-13-15/h11-12,15H,5-10,13H2,1-4H3. The molecule has 0 aromatic carbocycles. The van der Waals surface area contributed by atoms with Gasteiger partial charge in [0, 0.05) is 31.1 Å². The van der Waals surface area contributed by atoms with Crippen molar-refractivity contribution in [1.82, 2.24) is 9.78 Å². The molecule has 0 aliphatic carbocycles. The van der Waals surface area contributed by atoms with Gasteiger partial charge in [0.2, 0.25) is 0 Å². The summed E-state index contributed by atoms with van der Waals surface area (Å²) in [7, 11) is -0.345. The van der Waals surface area contributed by atoms with Crippen LogP contribution in [-0.2, 0) is 14.0 Å². The van der Waals surface area contributed by atoms with Crippen LogP contribution in [0, 0.1) is 5.41 Å². The molecule has 1 aromatic rings. The van der Waals surface area contributed by atoms with Crippen molar-refractivity contribution in [2.45, 2.75) is 65.0 Å². The quantitative estimate of drug-likeness (QED) is 0.786. The van der Waals surface area contributed by atoms with Crippen LogP contribution in [0.1, 0.15) is 59.4 Å². The van der Waals surface area contributed by atoms with Gasteiger partial charge in [-0.25, -0.2) is 0 Å². The maximum atomic E-state index is 6.37. The van der Waals surface area contributed by atoms with E-state index in [1.165, 1.54) is 0 Å². The molecule has 23 heavy (non-hydrogen) atoms. The molecule has 2 fully saturated rings. The minimum absolute atomic E-state index is 0.113. The first-order valence-corrected chi connectivity index (χ1v) is 8.80. The monoisotopic (exact) mass is 320 g/mol. The van der Waals surface area contributed by atoms with Crippen molar-refractivity contribution in [2.24, 2.45) is 5.41 Å². The van der Waals surface area contributed by atoms with Gasteiger partial charge >= 0.3 is 7.12 Å². The van der Waals surface area contributed by atoms with E-state index < -0.39 is 0 Å². The summed E-state index contributed by atoms with van der Waals surface area (Å²) in [5, 5.41) is 4.53. The predicted molar refractivity (Wildman–Crippen MR) is 90.8 cm³/mol. The first kappa shape index (κ1) is 17.0. The molecule has 2 aliphatic rings. The Hall–Kier alpha value is -0.845. The highest BCUT2D eigenvalue weighted by molar-refractivity contribution is 6.61. The van der Waals surface area contributed by atoms with Crippen LogP contribution in [0.15, 0.2) is 12.4 Å². The number of ether oxygens (including phenoxy) is 1. The third kappa shape index (κ3) is 3.64. The van der Waals surface area contributed by atoms with E-state index in [-0.39, 0.29) is 18.1 Å². The van der Waals surface area contributed by atoms with Gasteiger partial charge in [-0.1, -0.05) is 13.8 Å². The average molecular weight is 320 g/mol. The molecule has 0 bridgehead atoms. The summed E-state index contributed by atoms with van der Waals surface area (Å²) in [6.07, 6.45) is 8.31. The highest BCUT2D eigenvalue weighted by Crippen LogP contribution is 2.39. The Bertz CT molecular complexity index is 524. The molecule has 0 N–H and O–H groups in total. The van der Waals surface area contributed by atoms with E-state index in [0.29, 0.717) is 6.04 Å². The third-order valence-corrected chi connectivity index (χ3v) is 5.65. The summed E-state index contributed by atoms with van der Waals surface area (Å²) in [6.45, 7) is 11.2. The van der Waals surface area contributed by atoms with Crippen LogP contribution in [0.3, 0.4) is 0 Å². The maximum Gasteiger partial charge on any atom is 0.497 e. The molecule has 3 heterocycles. The van der Waals surface area contributed by atoms with E-state index in [9.17, 15) is 0 Å². The molecule has 3 rings (SSSR count). The van der Waals surface area contributed by atoms with Gasteiger partial charge in [-0.05, 0) is 44.9 Å². The van der Waals surface area contributed by atoms with E-state index in [0.717, 1.165) is 51.0 Å². The fourth-order valence-corrected chi connectivity index (χ4v) is 3.24. The average Bonchev–Trinajstić information content (AvgIpc) is 3.00. The van der Waals surface area contributed by atoms with Gasteiger partial charge in [0.05, 0.1) is 18.2 Å². The molecule has 5 nitrogen and oxygen atoms in total. The summed E-state index contributed by atoms with van der Waals surface area (Å²) >= 11 is 0. The molecule has 0 spiro atoms. The van der Waals surface area contributed by atoms with Gasteiger partial charge in [0.15, 0.2) is 0 Å². The molecule has 2 saturated heterocycles. The number of rotatable bonds is 2. The Morgan fingerprint density at radius 1 is 1.22 bits per heavy atom. The Balaban J connectivity index is 1.76. The van der Waals surface area contributed by atoms with Crippen LogP contribution in [0.5, 0.6) is 0 Å². The first-order chi connectivity index (χ1) is 10.9. The normalized spacial score (nSPS) is 28.2. The van der Waals surface area contributed by atoms with Crippen molar-refractivity contribution in [3.05, 3.63) is 12.4 Å².